The summed E-state index contributed by atoms with van der Waals surface area (Å²) >= 11 is 3.44. The van der Waals surface area contributed by atoms with E-state index in [9.17, 15) is 18.0 Å². The van der Waals surface area contributed by atoms with Crippen molar-refractivity contribution in [3.05, 3.63) is 94.0 Å². The van der Waals surface area contributed by atoms with Crippen molar-refractivity contribution in [1.82, 2.24) is 10.2 Å². The van der Waals surface area contributed by atoms with E-state index in [4.69, 9.17) is 0 Å². The summed E-state index contributed by atoms with van der Waals surface area (Å²) in [4.78, 5) is 27.8. The van der Waals surface area contributed by atoms with Gasteiger partial charge in [0.15, 0.2) is 0 Å². The molecular formula is C27H30BrN3O4S. The van der Waals surface area contributed by atoms with Crippen molar-refractivity contribution in [3.8, 4) is 0 Å². The lowest BCUT2D eigenvalue weighted by Gasteiger charge is -2.32. The van der Waals surface area contributed by atoms with Crippen molar-refractivity contribution in [2.24, 2.45) is 0 Å². The molecule has 0 spiro atoms. The van der Waals surface area contributed by atoms with Crippen LogP contribution >= 0.6 is 15.9 Å². The van der Waals surface area contributed by atoms with E-state index in [-0.39, 0.29) is 17.3 Å². The maximum absolute atomic E-state index is 13.8. The van der Waals surface area contributed by atoms with Crippen LogP contribution in [0.25, 0.3) is 0 Å². The Hall–Kier alpha value is -3.17. The minimum absolute atomic E-state index is 0.0802. The molecule has 3 aromatic carbocycles. The molecule has 7 nitrogen and oxygen atoms in total. The lowest BCUT2D eigenvalue weighted by molar-refractivity contribution is -0.139. The molecule has 0 heterocycles. The summed E-state index contributed by atoms with van der Waals surface area (Å²) in [6.45, 7) is 5.02. The van der Waals surface area contributed by atoms with Gasteiger partial charge in [-0.25, -0.2) is 8.42 Å². The minimum atomic E-state index is -4.08. The highest BCUT2D eigenvalue weighted by atomic mass is 79.9. The fourth-order valence-electron chi connectivity index (χ4n) is 3.86. The standard InChI is InChI=1S/C27H30BrN3O4S/c1-19-10-8-15-25(20(19)2)31(36(34,35)24-13-6-5-7-14-24)18-26(32)30(21(3)27(33)29-4)17-22-11-9-12-23(28)16-22/h5-16,21H,17-18H2,1-4H3,(H,29,33)/t21-/m1/s1. The van der Waals surface area contributed by atoms with Crippen LogP contribution in [-0.2, 0) is 26.2 Å². The number of carbonyl (C=O) groups excluding carboxylic acids is 2. The minimum Gasteiger partial charge on any atom is -0.357 e. The van der Waals surface area contributed by atoms with Gasteiger partial charge in [0.05, 0.1) is 10.6 Å². The molecule has 0 fully saturated rings. The van der Waals surface area contributed by atoms with Crippen molar-refractivity contribution in [2.75, 3.05) is 17.9 Å². The Labute approximate surface area is 221 Å². The zero-order valence-corrected chi connectivity index (χ0v) is 23.1. The van der Waals surface area contributed by atoms with E-state index in [1.807, 2.05) is 44.2 Å². The smallest absolute Gasteiger partial charge is 0.264 e. The second kappa shape index (κ2) is 11.7. The Morgan fingerprint density at radius 2 is 1.64 bits per heavy atom. The molecule has 0 radical (unpaired) electrons. The number of halogens is 1. The number of anilines is 1. The van der Waals surface area contributed by atoms with Gasteiger partial charge in [-0.15, -0.1) is 0 Å². The summed E-state index contributed by atoms with van der Waals surface area (Å²) < 4.78 is 29.5. The number of rotatable bonds is 9. The predicted molar refractivity (Wildman–Crippen MR) is 145 cm³/mol. The largest absolute Gasteiger partial charge is 0.357 e. The van der Waals surface area contributed by atoms with Crippen molar-refractivity contribution in [2.45, 2.75) is 38.3 Å². The SMILES string of the molecule is CNC(=O)[C@@H](C)N(Cc1cccc(Br)c1)C(=O)CN(c1cccc(C)c1C)S(=O)(=O)c1ccccc1. The third-order valence-corrected chi connectivity index (χ3v) is 8.38. The molecule has 190 valence electrons. The first kappa shape index (κ1) is 27.4. The van der Waals surface area contributed by atoms with E-state index >= 15 is 0 Å². The van der Waals surface area contributed by atoms with Gasteiger partial charge in [0.1, 0.15) is 12.6 Å². The first-order chi connectivity index (χ1) is 17.1. The normalized spacial score (nSPS) is 12.0. The Morgan fingerprint density at radius 3 is 2.28 bits per heavy atom. The van der Waals surface area contributed by atoms with Crippen LogP contribution in [0.2, 0.25) is 0 Å². The van der Waals surface area contributed by atoms with Crippen LogP contribution < -0.4 is 9.62 Å². The van der Waals surface area contributed by atoms with Crippen LogP contribution in [0, 0.1) is 13.8 Å². The zero-order chi connectivity index (χ0) is 26.5. The fraction of sp³-hybridized carbons (Fsp3) is 0.259. The van der Waals surface area contributed by atoms with Gasteiger partial charge in [-0.2, -0.15) is 0 Å². The summed E-state index contributed by atoms with van der Waals surface area (Å²) in [6.07, 6.45) is 0. The molecule has 0 aromatic heterocycles. The first-order valence-corrected chi connectivity index (χ1v) is 13.7. The molecule has 0 aliphatic carbocycles. The molecule has 1 N–H and O–H groups in total. The molecular weight excluding hydrogens is 542 g/mol. The van der Waals surface area contributed by atoms with Crippen molar-refractivity contribution in [3.63, 3.8) is 0 Å². The topological polar surface area (TPSA) is 86.8 Å². The molecule has 0 aliphatic heterocycles. The van der Waals surface area contributed by atoms with E-state index < -0.39 is 28.5 Å². The molecule has 9 heteroatoms. The molecule has 3 aromatic rings. The third-order valence-electron chi connectivity index (χ3n) is 6.11. The molecule has 0 saturated carbocycles. The Balaban J connectivity index is 2.07. The van der Waals surface area contributed by atoms with Gasteiger partial charge in [0.25, 0.3) is 10.0 Å². The third kappa shape index (κ3) is 6.14. The maximum Gasteiger partial charge on any atom is 0.264 e. The first-order valence-electron chi connectivity index (χ1n) is 11.5. The van der Waals surface area contributed by atoms with Gasteiger partial charge in [-0.1, -0.05) is 58.4 Å². The highest BCUT2D eigenvalue weighted by Gasteiger charge is 2.33. The summed E-state index contributed by atoms with van der Waals surface area (Å²) in [6, 6.07) is 20.0. The van der Waals surface area contributed by atoms with Gasteiger partial charge in [-0.3, -0.25) is 13.9 Å². The quantitative estimate of drug-likeness (QED) is 0.411. The highest BCUT2D eigenvalue weighted by Crippen LogP contribution is 2.29. The van der Waals surface area contributed by atoms with E-state index in [2.05, 4.69) is 21.2 Å². The van der Waals surface area contributed by atoms with Crippen molar-refractivity contribution in [1.29, 1.82) is 0 Å². The van der Waals surface area contributed by atoms with Crippen LogP contribution in [0.3, 0.4) is 0 Å². The van der Waals surface area contributed by atoms with Gasteiger partial charge in [0.2, 0.25) is 11.8 Å². The van der Waals surface area contributed by atoms with E-state index in [0.29, 0.717) is 5.69 Å². The van der Waals surface area contributed by atoms with Gasteiger partial charge >= 0.3 is 0 Å². The highest BCUT2D eigenvalue weighted by molar-refractivity contribution is 9.10. The lowest BCUT2D eigenvalue weighted by Crippen LogP contribution is -2.50. The molecule has 0 unspecified atom stereocenters. The molecule has 2 amide bonds. The van der Waals surface area contributed by atoms with Crippen LogP contribution in [0.4, 0.5) is 5.69 Å². The van der Waals surface area contributed by atoms with E-state index in [1.54, 1.807) is 37.3 Å². The molecule has 0 bridgehead atoms. The summed E-state index contributed by atoms with van der Waals surface area (Å²) in [5.74, 6) is -0.839. The molecule has 0 saturated heterocycles. The number of likely N-dealkylation sites (N-methyl/N-ethyl adjacent to an activating group) is 1. The van der Waals surface area contributed by atoms with Crippen LogP contribution in [0.5, 0.6) is 0 Å². The fourth-order valence-corrected chi connectivity index (χ4v) is 5.80. The van der Waals surface area contributed by atoms with Gasteiger partial charge in [0, 0.05) is 18.1 Å². The number of hydrogen-bond donors (Lipinski definition) is 1. The second-order valence-corrected chi connectivity index (χ2v) is 11.3. The summed E-state index contributed by atoms with van der Waals surface area (Å²) in [7, 11) is -2.57. The van der Waals surface area contributed by atoms with E-state index in [1.165, 1.54) is 24.1 Å². The average molecular weight is 573 g/mol. The number of carbonyl (C=O) groups is 2. The number of benzene rings is 3. The zero-order valence-electron chi connectivity index (χ0n) is 20.7. The van der Waals surface area contributed by atoms with Crippen LogP contribution in [0.15, 0.2) is 82.2 Å². The Bertz CT molecular complexity index is 1350. The van der Waals surface area contributed by atoms with E-state index in [0.717, 1.165) is 25.5 Å². The molecule has 36 heavy (non-hydrogen) atoms. The molecule has 0 aliphatic rings. The second-order valence-electron chi connectivity index (χ2n) is 8.49. The number of nitrogens with one attached hydrogen (secondary N) is 1. The van der Waals surface area contributed by atoms with Crippen LogP contribution in [0.1, 0.15) is 23.6 Å². The molecule has 1 atom stereocenters. The average Bonchev–Trinajstić information content (AvgIpc) is 2.87. The Morgan fingerprint density at radius 1 is 0.972 bits per heavy atom. The Kier molecular flexibility index (Phi) is 8.92. The molecule has 3 rings (SSSR count). The number of hydrogen-bond acceptors (Lipinski definition) is 4. The monoisotopic (exact) mass is 571 g/mol. The number of amides is 2. The summed E-state index contributed by atoms with van der Waals surface area (Å²) in [5.41, 5.74) is 2.88. The summed E-state index contributed by atoms with van der Waals surface area (Å²) in [5, 5.41) is 2.58. The predicted octanol–water partition coefficient (Wildman–Crippen LogP) is 4.42. The van der Waals surface area contributed by atoms with Gasteiger partial charge in [-0.05, 0) is 67.8 Å². The van der Waals surface area contributed by atoms with Crippen molar-refractivity contribution >= 4 is 43.5 Å². The van der Waals surface area contributed by atoms with Gasteiger partial charge < -0.3 is 10.2 Å². The number of sulfonamides is 1. The number of nitrogens with zero attached hydrogens (tertiary/aromatic N) is 2. The number of aryl methyl sites for hydroxylation is 1. The van der Waals surface area contributed by atoms with Crippen LogP contribution in [-0.4, -0.2) is 44.8 Å². The lowest BCUT2D eigenvalue weighted by atomic mass is 10.1. The van der Waals surface area contributed by atoms with Crippen molar-refractivity contribution < 1.29 is 18.0 Å². The maximum atomic E-state index is 13.8.